The first-order valence-corrected chi connectivity index (χ1v) is 11.0. The third-order valence-corrected chi connectivity index (χ3v) is 6.59. The number of anilines is 2. The van der Waals surface area contributed by atoms with Gasteiger partial charge in [-0.15, -0.1) is 11.3 Å². The Bertz CT molecular complexity index is 1120. The summed E-state index contributed by atoms with van der Waals surface area (Å²) < 4.78 is 5.25. The van der Waals surface area contributed by atoms with Crippen LogP contribution in [0.2, 0.25) is 0 Å². The highest BCUT2D eigenvalue weighted by Crippen LogP contribution is 2.41. The number of hydrogen-bond donors (Lipinski definition) is 2. The maximum Gasteiger partial charge on any atom is 0.291 e. The molecule has 1 amide bonds. The highest BCUT2D eigenvalue weighted by Gasteiger charge is 2.26. The fraction of sp³-hybridized carbons (Fsp3) is 0.182. The molecule has 7 heteroatoms. The Balaban J connectivity index is 1.75. The quantitative estimate of drug-likeness (QED) is 0.389. The van der Waals surface area contributed by atoms with Gasteiger partial charge in [-0.05, 0) is 73.0 Å². The number of thiophene rings is 2. The molecular weight excluding hydrogens is 402 g/mol. The molecule has 0 bridgehead atoms. The standard InChI is InChI=1S/C22H21N3O2S2/c1-13-6-4-8-18(23-13)24-20(16-9-11-28-12-16)19-14(2)15(3)29-22(19)25-21(26)17-7-5-10-27-17/h4-12,20H,1-3H3,(H,23,24)(H,25,26). The fourth-order valence-corrected chi connectivity index (χ4v) is 4.97. The second-order valence-electron chi connectivity index (χ2n) is 6.76. The van der Waals surface area contributed by atoms with Gasteiger partial charge in [-0.2, -0.15) is 11.3 Å². The average Bonchev–Trinajstić information content (AvgIpc) is 3.44. The van der Waals surface area contributed by atoms with Crippen molar-refractivity contribution >= 4 is 39.4 Å². The summed E-state index contributed by atoms with van der Waals surface area (Å²) in [6.45, 7) is 6.13. The van der Waals surface area contributed by atoms with E-state index < -0.39 is 0 Å². The summed E-state index contributed by atoms with van der Waals surface area (Å²) in [4.78, 5) is 18.4. The summed E-state index contributed by atoms with van der Waals surface area (Å²) in [7, 11) is 0. The van der Waals surface area contributed by atoms with E-state index in [-0.39, 0.29) is 11.9 Å². The molecule has 2 N–H and O–H groups in total. The summed E-state index contributed by atoms with van der Waals surface area (Å²) in [5.41, 5.74) is 4.28. The number of amides is 1. The number of nitrogens with one attached hydrogen (secondary N) is 2. The van der Waals surface area contributed by atoms with Crippen molar-refractivity contribution in [3.63, 3.8) is 0 Å². The summed E-state index contributed by atoms with van der Waals surface area (Å²) >= 11 is 3.22. The molecule has 4 heterocycles. The Labute approximate surface area is 177 Å². The van der Waals surface area contributed by atoms with Gasteiger partial charge in [-0.25, -0.2) is 4.98 Å². The SMILES string of the molecule is Cc1cccc(NC(c2ccsc2)c2c(NC(=O)c3ccco3)sc(C)c2C)n1. The van der Waals surface area contributed by atoms with E-state index in [1.54, 1.807) is 34.8 Å². The van der Waals surface area contributed by atoms with Crippen molar-refractivity contribution in [1.82, 2.24) is 4.98 Å². The van der Waals surface area contributed by atoms with E-state index >= 15 is 0 Å². The normalized spacial score (nSPS) is 12.0. The molecule has 0 radical (unpaired) electrons. The van der Waals surface area contributed by atoms with E-state index in [9.17, 15) is 4.79 Å². The highest BCUT2D eigenvalue weighted by molar-refractivity contribution is 7.16. The Morgan fingerprint density at radius 3 is 2.69 bits per heavy atom. The van der Waals surface area contributed by atoms with Crippen LogP contribution in [0.1, 0.15) is 43.9 Å². The van der Waals surface area contributed by atoms with Gasteiger partial charge in [0.25, 0.3) is 5.91 Å². The van der Waals surface area contributed by atoms with Crippen molar-refractivity contribution in [3.05, 3.63) is 86.4 Å². The summed E-state index contributed by atoms with van der Waals surface area (Å²) in [6, 6.07) is 11.3. The molecule has 1 atom stereocenters. The number of hydrogen-bond acceptors (Lipinski definition) is 6. The van der Waals surface area contributed by atoms with Crippen molar-refractivity contribution < 1.29 is 9.21 Å². The maximum atomic E-state index is 12.6. The number of aromatic nitrogens is 1. The molecule has 0 aliphatic carbocycles. The molecule has 0 spiro atoms. The van der Waals surface area contributed by atoms with Crippen molar-refractivity contribution in [2.24, 2.45) is 0 Å². The smallest absolute Gasteiger partial charge is 0.291 e. The first-order chi connectivity index (χ1) is 14.0. The minimum Gasteiger partial charge on any atom is -0.459 e. The molecule has 5 nitrogen and oxygen atoms in total. The van der Waals surface area contributed by atoms with E-state index in [1.165, 1.54) is 6.26 Å². The van der Waals surface area contributed by atoms with E-state index in [4.69, 9.17) is 4.42 Å². The molecule has 29 heavy (non-hydrogen) atoms. The van der Waals surface area contributed by atoms with Gasteiger partial charge >= 0.3 is 0 Å². The predicted molar refractivity (Wildman–Crippen MR) is 119 cm³/mol. The number of furan rings is 1. The van der Waals surface area contributed by atoms with Crippen molar-refractivity contribution in [2.75, 3.05) is 10.6 Å². The van der Waals surface area contributed by atoms with E-state index in [0.717, 1.165) is 38.1 Å². The van der Waals surface area contributed by atoms with E-state index in [0.29, 0.717) is 5.76 Å². The average molecular weight is 424 g/mol. The third kappa shape index (κ3) is 4.11. The zero-order chi connectivity index (χ0) is 20.4. The van der Waals surface area contributed by atoms with Crippen LogP contribution < -0.4 is 10.6 Å². The first kappa shape index (κ1) is 19.4. The Kier molecular flexibility index (Phi) is 5.51. The lowest BCUT2D eigenvalue weighted by Crippen LogP contribution is -2.17. The van der Waals surface area contributed by atoms with Gasteiger partial charge < -0.3 is 15.1 Å². The third-order valence-electron chi connectivity index (χ3n) is 4.75. The monoisotopic (exact) mass is 423 g/mol. The van der Waals surface area contributed by atoms with Crippen LogP contribution in [-0.4, -0.2) is 10.9 Å². The summed E-state index contributed by atoms with van der Waals surface area (Å²) in [5, 5.41) is 11.6. The molecule has 0 aliphatic heterocycles. The Hall–Kier alpha value is -2.90. The number of aryl methyl sites for hydroxylation is 2. The highest BCUT2D eigenvalue weighted by atomic mass is 32.1. The summed E-state index contributed by atoms with van der Waals surface area (Å²) in [6.07, 6.45) is 1.50. The molecular formula is C22H21N3O2S2. The van der Waals surface area contributed by atoms with Crippen LogP contribution in [0.25, 0.3) is 0 Å². The Morgan fingerprint density at radius 2 is 2.00 bits per heavy atom. The number of nitrogens with zero attached hydrogens (tertiary/aromatic N) is 1. The molecule has 0 saturated carbocycles. The lowest BCUT2D eigenvalue weighted by molar-refractivity contribution is 0.0997. The van der Waals surface area contributed by atoms with E-state index in [1.807, 2.05) is 25.1 Å². The van der Waals surface area contributed by atoms with E-state index in [2.05, 4.69) is 46.3 Å². The number of rotatable bonds is 6. The number of carbonyl (C=O) groups is 1. The molecule has 0 aliphatic rings. The number of carbonyl (C=O) groups excluding carboxylic acids is 1. The van der Waals surface area contributed by atoms with Gasteiger partial charge in [0.15, 0.2) is 5.76 Å². The van der Waals surface area contributed by atoms with Crippen LogP contribution in [0.15, 0.2) is 57.8 Å². The molecule has 0 saturated heterocycles. The van der Waals surface area contributed by atoms with Gasteiger partial charge in [0.2, 0.25) is 0 Å². The zero-order valence-corrected chi connectivity index (χ0v) is 18.0. The van der Waals surface area contributed by atoms with Gasteiger partial charge in [0, 0.05) is 16.1 Å². The maximum absolute atomic E-state index is 12.6. The second-order valence-corrected chi connectivity index (χ2v) is 8.76. The zero-order valence-electron chi connectivity index (χ0n) is 16.4. The van der Waals surface area contributed by atoms with Gasteiger partial charge in [-0.1, -0.05) is 6.07 Å². The van der Waals surface area contributed by atoms with Crippen LogP contribution in [-0.2, 0) is 0 Å². The first-order valence-electron chi connectivity index (χ1n) is 9.20. The largest absolute Gasteiger partial charge is 0.459 e. The lowest BCUT2D eigenvalue weighted by atomic mass is 9.98. The molecule has 148 valence electrons. The number of pyridine rings is 1. The van der Waals surface area contributed by atoms with Gasteiger partial charge in [0.1, 0.15) is 10.8 Å². The van der Waals surface area contributed by atoms with Crippen LogP contribution >= 0.6 is 22.7 Å². The second kappa shape index (κ2) is 8.23. The Morgan fingerprint density at radius 1 is 1.14 bits per heavy atom. The predicted octanol–water partition coefficient (Wildman–Crippen LogP) is 6.18. The van der Waals surface area contributed by atoms with Crippen LogP contribution in [0.4, 0.5) is 10.8 Å². The van der Waals surface area contributed by atoms with Crippen LogP contribution in [0, 0.1) is 20.8 Å². The van der Waals surface area contributed by atoms with Crippen molar-refractivity contribution in [2.45, 2.75) is 26.8 Å². The molecule has 1 unspecified atom stereocenters. The van der Waals surface area contributed by atoms with Crippen LogP contribution in [0.3, 0.4) is 0 Å². The van der Waals surface area contributed by atoms with Gasteiger partial charge in [0.05, 0.1) is 12.3 Å². The fourth-order valence-electron chi connectivity index (χ4n) is 3.19. The minimum absolute atomic E-state index is 0.132. The molecule has 0 aromatic carbocycles. The van der Waals surface area contributed by atoms with Gasteiger partial charge in [-0.3, -0.25) is 4.79 Å². The summed E-state index contributed by atoms with van der Waals surface area (Å²) in [5.74, 6) is 0.836. The molecule has 4 aromatic heterocycles. The van der Waals surface area contributed by atoms with Crippen molar-refractivity contribution in [3.8, 4) is 0 Å². The molecule has 0 fully saturated rings. The van der Waals surface area contributed by atoms with Crippen LogP contribution in [0.5, 0.6) is 0 Å². The minimum atomic E-state index is -0.254. The topological polar surface area (TPSA) is 67.2 Å². The lowest BCUT2D eigenvalue weighted by Gasteiger charge is -2.21. The van der Waals surface area contributed by atoms with Crippen molar-refractivity contribution in [1.29, 1.82) is 0 Å². The molecule has 4 rings (SSSR count). The molecule has 4 aromatic rings.